The molecular weight excluding hydrogens is 266 g/mol. The molecule has 0 aliphatic carbocycles. The summed E-state index contributed by atoms with van der Waals surface area (Å²) in [6.07, 6.45) is 4.81. The number of carbonyl (C=O) groups is 2. The summed E-state index contributed by atoms with van der Waals surface area (Å²) in [7, 11) is 1.65. The fourth-order valence-corrected chi connectivity index (χ4v) is 2.45. The molecule has 112 valence electrons. The Balaban J connectivity index is 1.87. The number of rotatable bonds is 3. The maximum absolute atomic E-state index is 12.1. The van der Waals surface area contributed by atoms with Gasteiger partial charge in [-0.15, -0.1) is 0 Å². The predicted molar refractivity (Wildman–Crippen MR) is 83.3 cm³/mol. The van der Waals surface area contributed by atoms with Crippen LogP contribution in [-0.4, -0.2) is 36.9 Å². The Morgan fingerprint density at radius 2 is 1.86 bits per heavy atom. The van der Waals surface area contributed by atoms with E-state index in [2.05, 4.69) is 5.32 Å². The largest absolute Gasteiger partial charge is 0.399 e. The van der Waals surface area contributed by atoms with Crippen molar-refractivity contribution in [2.75, 3.05) is 25.9 Å². The standard InChI is InChI=1S/C16H21N3O2/c1-18-16(21)13-8-10-19(11-9-13)15(20)7-4-12-2-5-14(17)6-3-12/h2-7,13H,8-11,17H2,1H3,(H,18,21)/b7-4+. The molecule has 0 radical (unpaired) electrons. The third-order valence-electron chi connectivity index (χ3n) is 3.78. The molecule has 3 N–H and O–H groups in total. The van der Waals surface area contributed by atoms with E-state index in [9.17, 15) is 9.59 Å². The number of carbonyl (C=O) groups excluding carboxylic acids is 2. The van der Waals surface area contributed by atoms with E-state index in [-0.39, 0.29) is 17.7 Å². The molecule has 21 heavy (non-hydrogen) atoms. The van der Waals surface area contributed by atoms with Gasteiger partial charge in [0.15, 0.2) is 0 Å². The van der Waals surface area contributed by atoms with Crippen LogP contribution in [0.4, 0.5) is 5.69 Å². The minimum atomic E-state index is -0.0119. The minimum Gasteiger partial charge on any atom is -0.399 e. The van der Waals surface area contributed by atoms with Gasteiger partial charge in [0, 0.05) is 37.8 Å². The van der Waals surface area contributed by atoms with E-state index in [0.717, 1.165) is 18.4 Å². The Kier molecular flexibility index (Phi) is 4.98. The SMILES string of the molecule is CNC(=O)C1CCN(C(=O)/C=C/c2ccc(N)cc2)CC1. The second-order valence-electron chi connectivity index (χ2n) is 5.21. The van der Waals surface area contributed by atoms with Crippen LogP contribution in [0.25, 0.3) is 6.08 Å². The lowest BCUT2D eigenvalue weighted by Crippen LogP contribution is -2.41. The fraction of sp³-hybridized carbons (Fsp3) is 0.375. The van der Waals surface area contributed by atoms with Crippen molar-refractivity contribution in [3.8, 4) is 0 Å². The normalized spacial score (nSPS) is 16.1. The van der Waals surface area contributed by atoms with Gasteiger partial charge in [-0.25, -0.2) is 0 Å². The average Bonchev–Trinajstić information content (AvgIpc) is 2.53. The molecular formula is C16H21N3O2. The summed E-state index contributed by atoms with van der Waals surface area (Å²) in [6.45, 7) is 1.26. The van der Waals surface area contributed by atoms with Gasteiger partial charge in [0.05, 0.1) is 0 Å². The van der Waals surface area contributed by atoms with Crippen LogP contribution in [0.5, 0.6) is 0 Å². The second-order valence-corrected chi connectivity index (χ2v) is 5.21. The first-order valence-electron chi connectivity index (χ1n) is 7.14. The van der Waals surface area contributed by atoms with Crippen LogP contribution < -0.4 is 11.1 Å². The van der Waals surface area contributed by atoms with Crippen LogP contribution in [0.2, 0.25) is 0 Å². The molecule has 0 spiro atoms. The topological polar surface area (TPSA) is 75.4 Å². The van der Waals surface area contributed by atoms with Gasteiger partial charge in [-0.2, -0.15) is 0 Å². The Bertz CT molecular complexity index is 529. The van der Waals surface area contributed by atoms with E-state index in [0.29, 0.717) is 18.8 Å². The Hall–Kier alpha value is -2.30. The van der Waals surface area contributed by atoms with Gasteiger partial charge < -0.3 is 16.0 Å². The summed E-state index contributed by atoms with van der Waals surface area (Å²) in [6, 6.07) is 7.35. The Morgan fingerprint density at radius 3 is 2.43 bits per heavy atom. The first kappa shape index (κ1) is 15.1. The van der Waals surface area contributed by atoms with Gasteiger partial charge in [-0.3, -0.25) is 9.59 Å². The molecule has 1 aromatic carbocycles. The lowest BCUT2D eigenvalue weighted by molar-refractivity contribution is -0.131. The fourth-order valence-electron chi connectivity index (χ4n) is 2.45. The summed E-state index contributed by atoms with van der Waals surface area (Å²) in [5.41, 5.74) is 7.26. The molecule has 1 fully saturated rings. The molecule has 1 heterocycles. The third-order valence-corrected chi connectivity index (χ3v) is 3.78. The number of hydrogen-bond acceptors (Lipinski definition) is 3. The molecule has 5 nitrogen and oxygen atoms in total. The molecule has 0 saturated carbocycles. The highest BCUT2D eigenvalue weighted by atomic mass is 16.2. The van der Waals surface area contributed by atoms with Gasteiger partial charge in [0.2, 0.25) is 11.8 Å². The highest BCUT2D eigenvalue weighted by molar-refractivity contribution is 5.92. The Labute approximate surface area is 124 Å². The van der Waals surface area contributed by atoms with Crippen molar-refractivity contribution in [2.45, 2.75) is 12.8 Å². The van der Waals surface area contributed by atoms with Gasteiger partial charge in [0.25, 0.3) is 0 Å². The van der Waals surface area contributed by atoms with Crippen molar-refractivity contribution < 1.29 is 9.59 Å². The number of hydrogen-bond donors (Lipinski definition) is 2. The van der Waals surface area contributed by atoms with Crippen molar-refractivity contribution in [3.63, 3.8) is 0 Å². The predicted octanol–water partition coefficient (Wildman–Crippen LogP) is 1.27. The van der Waals surface area contributed by atoms with Gasteiger partial charge in [0.1, 0.15) is 0 Å². The molecule has 1 aliphatic heterocycles. The highest BCUT2D eigenvalue weighted by Crippen LogP contribution is 2.17. The molecule has 1 aliphatic rings. The van der Waals surface area contributed by atoms with Crippen molar-refractivity contribution in [2.24, 2.45) is 5.92 Å². The second kappa shape index (κ2) is 6.92. The summed E-state index contributed by atoms with van der Waals surface area (Å²) < 4.78 is 0. The molecule has 0 aromatic heterocycles. The van der Waals surface area contributed by atoms with E-state index in [1.165, 1.54) is 0 Å². The number of nitrogen functional groups attached to an aromatic ring is 1. The van der Waals surface area contributed by atoms with Crippen LogP contribution >= 0.6 is 0 Å². The maximum atomic E-state index is 12.1. The smallest absolute Gasteiger partial charge is 0.246 e. The molecule has 1 aromatic rings. The zero-order valence-electron chi connectivity index (χ0n) is 12.2. The average molecular weight is 287 g/mol. The van der Waals surface area contributed by atoms with E-state index >= 15 is 0 Å². The Morgan fingerprint density at radius 1 is 1.24 bits per heavy atom. The van der Waals surface area contributed by atoms with Crippen molar-refractivity contribution >= 4 is 23.6 Å². The first-order valence-corrected chi connectivity index (χ1v) is 7.14. The van der Waals surface area contributed by atoms with Crippen LogP contribution in [0.1, 0.15) is 18.4 Å². The van der Waals surface area contributed by atoms with Crippen molar-refractivity contribution in [1.82, 2.24) is 10.2 Å². The van der Waals surface area contributed by atoms with E-state index in [4.69, 9.17) is 5.73 Å². The molecule has 0 bridgehead atoms. The van der Waals surface area contributed by atoms with E-state index in [1.807, 2.05) is 12.1 Å². The number of nitrogens with zero attached hydrogens (tertiary/aromatic N) is 1. The zero-order chi connectivity index (χ0) is 15.2. The number of amides is 2. The van der Waals surface area contributed by atoms with Gasteiger partial charge in [-0.05, 0) is 36.6 Å². The summed E-state index contributed by atoms with van der Waals surface area (Å²) in [4.78, 5) is 25.4. The number of likely N-dealkylation sites (tertiary alicyclic amines) is 1. The quantitative estimate of drug-likeness (QED) is 0.649. The van der Waals surface area contributed by atoms with E-state index < -0.39 is 0 Å². The zero-order valence-corrected chi connectivity index (χ0v) is 12.2. The van der Waals surface area contributed by atoms with Crippen molar-refractivity contribution in [1.29, 1.82) is 0 Å². The lowest BCUT2D eigenvalue weighted by Gasteiger charge is -2.30. The number of piperidine rings is 1. The third kappa shape index (κ3) is 4.08. The van der Waals surface area contributed by atoms with Crippen LogP contribution in [0, 0.1) is 5.92 Å². The molecule has 2 amide bonds. The minimum absolute atomic E-state index is 0.0119. The number of nitrogens with one attached hydrogen (secondary N) is 1. The molecule has 1 saturated heterocycles. The van der Waals surface area contributed by atoms with Gasteiger partial charge >= 0.3 is 0 Å². The van der Waals surface area contributed by atoms with Crippen molar-refractivity contribution in [3.05, 3.63) is 35.9 Å². The lowest BCUT2D eigenvalue weighted by atomic mass is 9.96. The monoisotopic (exact) mass is 287 g/mol. The highest BCUT2D eigenvalue weighted by Gasteiger charge is 2.25. The summed E-state index contributed by atoms with van der Waals surface area (Å²) in [5.74, 6) is 0.0850. The molecule has 0 atom stereocenters. The number of benzene rings is 1. The molecule has 0 unspecified atom stereocenters. The summed E-state index contributed by atoms with van der Waals surface area (Å²) in [5, 5.41) is 2.66. The maximum Gasteiger partial charge on any atom is 0.246 e. The van der Waals surface area contributed by atoms with Gasteiger partial charge in [-0.1, -0.05) is 12.1 Å². The molecule has 2 rings (SSSR count). The number of anilines is 1. The van der Waals surface area contributed by atoms with E-state index in [1.54, 1.807) is 36.2 Å². The number of nitrogens with two attached hydrogens (primary N) is 1. The van der Waals surface area contributed by atoms with Crippen LogP contribution in [0.3, 0.4) is 0 Å². The first-order chi connectivity index (χ1) is 10.1. The molecule has 5 heteroatoms. The van der Waals surface area contributed by atoms with Crippen LogP contribution in [0.15, 0.2) is 30.3 Å². The van der Waals surface area contributed by atoms with Crippen LogP contribution in [-0.2, 0) is 9.59 Å². The summed E-state index contributed by atoms with van der Waals surface area (Å²) >= 11 is 0.